The molecule has 3 fully saturated rings. The van der Waals surface area contributed by atoms with Crippen LogP contribution in [-0.4, -0.2) is 102 Å². The molecule has 3 aliphatic rings. The lowest BCUT2D eigenvalue weighted by Gasteiger charge is -2.37. The number of imidazole rings is 1. The zero-order chi connectivity index (χ0) is 41.2. The monoisotopic (exact) mass is 811 g/mol. The van der Waals surface area contributed by atoms with E-state index in [-0.39, 0.29) is 30.2 Å². The van der Waals surface area contributed by atoms with Crippen LogP contribution in [0.4, 0.5) is 5.95 Å². The molecular weight excluding hydrogens is 763 g/mol. The molecule has 14 heteroatoms. The van der Waals surface area contributed by atoms with Crippen LogP contribution in [0.5, 0.6) is 11.5 Å². The van der Waals surface area contributed by atoms with E-state index < -0.39 is 36.0 Å². The fourth-order valence-electron chi connectivity index (χ4n) is 8.70. The number of benzene rings is 4. The summed E-state index contributed by atoms with van der Waals surface area (Å²) < 4.78 is 41.1. The van der Waals surface area contributed by atoms with Gasteiger partial charge in [-0.2, -0.15) is 4.98 Å². The topological polar surface area (TPSA) is 138 Å². The van der Waals surface area contributed by atoms with Crippen molar-refractivity contribution in [2.24, 2.45) is 4.99 Å². The second-order valence-electron chi connectivity index (χ2n) is 15.5. The number of methoxy groups -OCH3 is 2. The van der Waals surface area contributed by atoms with Crippen molar-refractivity contribution in [2.45, 2.75) is 61.9 Å². The molecule has 4 aromatic carbocycles. The molecule has 0 amide bonds. The maximum Gasteiger partial charge on any atom is 0.280 e. The molecule has 0 aliphatic carbocycles. The van der Waals surface area contributed by atoms with E-state index in [2.05, 4.69) is 44.1 Å². The van der Waals surface area contributed by atoms with Crippen LogP contribution in [-0.2, 0) is 24.5 Å². The summed E-state index contributed by atoms with van der Waals surface area (Å²) in [6.07, 6.45) is 3.20. The summed E-state index contributed by atoms with van der Waals surface area (Å²) in [6.45, 7) is 0.976. The quantitative estimate of drug-likeness (QED) is 0.0728. The Hall–Kier alpha value is -5.90. The highest BCUT2D eigenvalue weighted by Gasteiger charge is 2.50. The van der Waals surface area contributed by atoms with Gasteiger partial charge in [0.25, 0.3) is 5.56 Å². The second-order valence-corrected chi connectivity index (χ2v) is 15.5. The number of hydrogen-bond donors (Lipinski definition) is 1. The normalized spacial score (nSPS) is 23.1. The van der Waals surface area contributed by atoms with Gasteiger partial charge in [-0.3, -0.25) is 14.3 Å². The van der Waals surface area contributed by atoms with E-state index in [1.54, 1.807) is 36.4 Å². The SMILES string of the molecule is COc1ccc(C(OC[C@H]2O[C@@H](n3cnc4c(=O)[nH]c(/N=C/N(C)C)nc43)CC2O[C@H]2O[C@H](c3ccccc3)[C@@H]3CCCN23)(c2ccccc2)c2ccc(OC)cc2)cc1. The predicted molar refractivity (Wildman–Crippen MR) is 225 cm³/mol. The van der Waals surface area contributed by atoms with Crippen molar-refractivity contribution in [1.29, 1.82) is 0 Å². The Labute approximate surface area is 348 Å². The third-order valence-corrected chi connectivity index (χ3v) is 11.6. The van der Waals surface area contributed by atoms with Crippen LogP contribution in [0.15, 0.2) is 125 Å². The Morgan fingerprint density at radius 3 is 2.18 bits per heavy atom. The lowest BCUT2D eigenvalue weighted by atomic mass is 9.80. The zero-order valence-electron chi connectivity index (χ0n) is 34.1. The fourth-order valence-corrected chi connectivity index (χ4v) is 8.70. The smallest absolute Gasteiger partial charge is 0.280 e. The minimum atomic E-state index is -1.09. The van der Waals surface area contributed by atoms with E-state index in [4.69, 9.17) is 33.4 Å². The first-order valence-corrected chi connectivity index (χ1v) is 20.3. The summed E-state index contributed by atoms with van der Waals surface area (Å²) in [5.74, 6) is 1.62. The van der Waals surface area contributed by atoms with E-state index in [1.165, 1.54) is 0 Å². The Balaban J connectivity index is 1.10. The Morgan fingerprint density at radius 1 is 0.883 bits per heavy atom. The van der Waals surface area contributed by atoms with Gasteiger partial charge in [-0.05, 0) is 59.4 Å². The van der Waals surface area contributed by atoms with Crippen LogP contribution < -0.4 is 15.0 Å². The van der Waals surface area contributed by atoms with Crippen molar-refractivity contribution in [2.75, 3.05) is 41.5 Å². The Morgan fingerprint density at radius 2 is 1.53 bits per heavy atom. The second kappa shape index (κ2) is 17.0. The number of nitrogens with zero attached hydrogens (tertiary/aromatic N) is 6. The maximum absolute atomic E-state index is 13.2. The minimum Gasteiger partial charge on any atom is -0.497 e. The fraction of sp³-hybridized carbons (Fsp3) is 0.348. The highest BCUT2D eigenvalue weighted by Crippen LogP contribution is 2.46. The minimum absolute atomic E-state index is 0.116. The molecule has 1 unspecified atom stereocenters. The van der Waals surface area contributed by atoms with Gasteiger partial charge in [0.05, 0.1) is 39.6 Å². The summed E-state index contributed by atoms with van der Waals surface area (Å²) in [4.78, 5) is 33.5. The molecule has 60 heavy (non-hydrogen) atoms. The molecule has 0 saturated carbocycles. The lowest BCUT2D eigenvalue weighted by molar-refractivity contribution is -0.224. The van der Waals surface area contributed by atoms with Crippen molar-refractivity contribution in [3.8, 4) is 11.5 Å². The van der Waals surface area contributed by atoms with Crippen molar-refractivity contribution in [3.63, 3.8) is 0 Å². The third kappa shape index (κ3) is 7.57. The molecule has 6 atom stereocenters. The van der Waals surface area contributed by atoms with Crippen molar-refractivity contribution >= 4 is 23.5 Å². The molecule has 2 aromatic heterocycles. The van der Waals surface area contributed by atoms with E-state index in [1.807, 2.05) is 99.0 Å². The van der Waals surface area contributed by atoms with Crippen LogP contribution in [0.2, 0.25) is 0 Å². The Bertz CT molecular complexity index is 2410. The molecular formula is C46H49N7O7. The number of rotatable bonds is 14. The summed E-state index contributed by atoms with van der Waals surface area (Å²) >= 11 is 0. The summed E-state index contributed by atoms with van der Waals surface area (Å²) in [5.41, 5.74) is 2.89. The maximum atomic E-state index is 13.2. The number of aromatic amines is 1. The van der Waals surface area contributed by atoms with Crippen molar-refractivity contribution < 1.29 is 28.4 Å². The average molecular weight is 812 g/mol. The highest BCUT2D eigenvalue weighted by atomic mass is 16.7. The first kappa shape index (κ1) is 39.6. The van der Waals surface area contributed by atoms with E-state index in [9.17, 15) is 4.79 Å². The molecule has 0 radical (unpaired) electrons. The van der Waals surface area contributed by atoms with Crippen LogP contribution in [0.25, 0.3) is 11.2 Å². The summed E-state index contributed by atoms with van der Waals surface area (Å²) in [5, 5.41) is 0. The largest absolute Gasteiger partial charge is 0.497 e. The standard InChI is InChI=1S/C46H49N7O7/c1-51(2)28-48-44-49-42-40(43(54)50-44)47-29-53(42)39-26-37(59-45-52-25-11-16-36(52)41(60-45)30-12-7-5-8-13-30)38(58-39)27-57-46(31-14-9-6-10-15-31,32-17-21-34(55-3)22-18-32)33-19-23-35(56-4)24-20-33/h5-10,12-15,17-24,28-29,36-39,41,45H,11,16,25-27H2,1-4H3,(H,49,50,54)/b48-28+/t36-,37?,38+,39+,41+,45-/m0/s1. The number of ether oxygens (including phenoxy) is 6. The van der Waals surface area contributed by atoms with Gasteiger partial charge < -0.3 is 33.3 Å². The first-order chi connectivity index (χ1) is 29.3. The average Bonchev–Trinajstić information content (AvgIpc) is 4.10. The third-order valence-electron chi connectivity index (χ3n) is 11.6. The van der Waals surface area contributed by atoms with Gasteiger partial charge in [0.15, 0.2) is 11.2 Å². The molecule has 0 spiro atoms. The predicted octanol–water partition coefficient (Wildman–Crippen LogP) is 6.56. The van der Waals surface area contributed by atoms with Crippen LogP contribution in [0, 0.1) is 0 Å². The molecule has 14 nitrogen and oxygen atoms in total. The van der Waals surface area contributed by atoms with Gasteiger partial charge in [-0.15, -0.1) is 0 Å². The van der Waals surface area contributed by atoms with E-state index >= 15 is 0 Å². The van der Waals surface area contributed by atoms with E-state index in [0.717, 1.165) is 53.1 Å². The molecule has 3 saturated heterocycles. The van der Waals surface area contributed by atoms with Crippen molar-refractivity contribution in [1.82, 2.24) is 29.3 Å². The number of hydrogen-bond acceptors (Lipinski definition) is 11. The number of H-pyrrole nitrogens is 1. The summed E-state index contributed by atoms with van der Waals surface area (Å²) in [7, 11) is 6.99. The number of aliphatic imine (C=N–C) groups is 1. The van der Waals surface area contributed by atoms with Crippen molar-refractivity contribution in [3.05, 3.63) is 148 Å². The molecule has 1 N–H and O–H groups in total. The summed E-state index contributed by atoms with van der Waals surface area (Å²) in [6, 6.07) is 36.6. The molecule has 6 aromatic rings. The molecule has 5 heterocycles. The zero-order valence-corrected chi connectivity index (χ0v) is 34.1. The van der Waals surface area contributed by atoms with Gasteiger partial charge >= 0.3 is 0 Å². The molecule has 310 valence electrons. The Kier molecular flexibility index (Phi) is 11.2. The van der Waals surface area contributed by atoms with Gasteiger partial charge in [-0.1, -0.05) is 84.9 Å². The van der Waals surface area contributed by atoms with Crippen LogP contribution in [0.1, 0.15) is 53.8 Å². The number of fused-ring (bicyclic) bond motifs is 2. The molecule has 9 rings (SSSR count). The van der Waals surface area contributed by atoms with Gasteiger partial charge in [0.2, 0.25) is 12.4 Å². The van der Waals surface area contributed by atoms with Gasteiger partial charge in [0.1, 0.15) is 35.5 Å². The van der Waals surface area contributed by atoms with Crippen LogP contribution in [0.3, 0.4) is 0 Å². The molecule has 0 bridgehead atoms. The number of aromatic nitrogens is 4. The number of nitrogens with one attached hydrogen (secondary N) is 1. The van der Waals surface area contributed by atoms with Gasteiger partial charge in [-0.25, -0.2) is 14.9 Å². The van der Waals surface area contributed by atoms with Gasteiger partial charge in [0, 0.05) is 33.1 Å². The highest BCUT2D eigenvalue weighted by molar-refractivity contribution is 5.71. The lowest BCUT2D eigenvalue weighted by Crippen LogP contribution is -2.42. The van der Waals surface area contributed by atoms with E-state index in [0.29, 0.717) is 12.1 Å². The first-order valence-electron chi connectivity index (χ1n) is 20.3. The van der Waals surface area contributed by atoms with Crippen LogP contribution >= 0.6 is 0 Å². The molecule has 3 aliphatic heterocycles.